The highest BCUT2D eigenvalue weighted by atomic mass is 16.2. The lowest BCUT2D eigenvalue weighted by Gasteiger charge is -2.11. The summed E-state index contributed by atoms with van der Waals surface area (Å²) in [6.07, 6.45) is 0. The summed E-state index contributed by atoms with van der Waals surface area (Å²) >= 11 is 0. The van der Waals surface area contributed by atoms with Crippen LogP contribution in [0.5, 0.6) is 0 Å². The summed E-state index contributed by atoms with van der Waals surface area (Å²) in [5.74, 6) is 0.124. The molecular formula is C18H20N6O3. The summed E-state index contributed by atoms with van der Waals surface area (Å²) in [7, 11) is 0. The third kappa shape index (κ3) is 4.38. The molecule has 2 heterocycles. The van der Waals surface area contributed by atoms with Crippen LogP contribution in [0.25, 0.3) is 11.0 Å². The molecule has 140 valence electrons. The Morgan fingerprint density at radius 1 is 1.15 bits per heavy atom. The molecule has 0 aliphatic carbocycles. The summed E-state index contributed by atoms with van der Waals surface area (Å²) in [5, 5.41) is 5.58. The van der Waals surface area contributed by atoms with Crippen molar-refractivity contribution in [3.63, 3.8) is 0 Å². The number of amides is 1. The Morgan fingerprint density at radius 3 is 2.59 bits per heavy atom. The van der Waals surface area contributed by atoms with Gasteiger partial charge in [-0.25, -0.2) is 9.97 Å². The highest BCUT2D eigenvalue weighted by molar-refractivity contribution is 5.80. The van der Waals surface area contributed by atoms with Gasteiger partial charge in [-0.05, 0) is 32.0 Å². The fourth-order valence-electron chi connectivity index (χ4n) is 2.78. The van der Waals surface area contributed by atoms with Crippen molar-refractivity contribution in [2.45, 2.75) is 20.4 Å². The van der Waals surface area contributed by atoms with E-state index in [4.69, 9.17) is 0 Å². The summed E-state index contributed by atoms with van der Waals surface area (Å²) in [6, 6.07) is 8.86. The van der Waals surface area contributed by atoms with Crippen molar-refractivity contribution in [1.82, 2.24) is 24.8 Å². The highest BCUT2D eigenvalue weighted by Crippen LogP contribution is 2.06. The predicted molar refractivity (Wildman–Crippen MR) is 102 cm³/mol. The molecule has 0 aliphatic rings. The van der Waals surface area contributed by atoms with Crippen molar-refractivity contribution >= 4 is 22.9 Å². The molecule has 3 rings (SSSR count). The largest absolute Gasteiger partial charge is 0.353 e. The third-order valence-electron chi connectivity index (χ3n) is 3.93. The lowest BCUT2D eigenvalue weighted by molar-refractivity contribution is -0.119. The van der Waals surface area contributed by atoms with Crippen molar-refractivity contribution in [2.24, 2.45) is 0 Å². The van der Waals surface area contributed by atoms with Gasteiger partial charge in [-0.15, -0.1) is 0 Å². The molecule has 0 unspecified atom stereocenters. The van der Waals surface area contributed by atoms with Crippen molar-refractivity contribution in [3.05, 3.63) is 62.4 Å². The van der Waals surface area contributed by atoms with Gasteiger partial charge < -0.3 is 20.2 Å². The average molecular weight is 368 g/mol. The van der Waals surface area contributed by atoms with Crippen LogP contribution in [0.2, 0.25) is 0 Å². The topological polar surface area (TPSA) is 122 Å². The number of rotatable bonds is 6. The van der Waals surface area contributed by atoms with E-state index in [1.807, 2.05) is 19.9 Å². The molecule has 9 heteroatoms. The van der Waals surface area contributed by atoms with Gasteiger partial charge in [0.1, 0.15) is 0 Å². The lowest BCUT2D eigenvalue weighted by Crippen LogP contribution is -2.40. The van der Waals surface area contributed by atoms with Crippen LogP contribution < -0.4 is 21.8 Å². The number of para-hydroxylation sites is 2. The fraction of sp³-hybridized carbons (Fsp3) is 0.278. The number of benzene rings is 1. The number of hydrogen-bond acceptors (Lipinski definition) is 6. The zero-order valence-corrected chi connectivity index (χ0v) is 15.1. The summed E-state index contributed by atoms with van der Waals surface area (Å²) in [4.78, 5) is 46.8. The SMILES string of the molecule is Cc1cc(C)nc(NCC(=O)NCCn2c(=O)c(=O)[nH]c3ccccc32)n1. The quantitative estimate of drug-likeness (QED) is 0.539. The molecule has 0 saturated heterocycles. The second kappa shape index (κ2) is 7.81. The van der Waals surface area contributed by atoms with Crippen LogP contribution in [-0.4, -0.2) is 38.5 Å². The summed E-state index contributed by atoms with van der Waals surface area (Å²) in [5.41, 5.74) is 1.47. The van der Waals surface area contributed by atoms with Gasteiger partial charge in [0, 0.05) is 24.5 Å². The van der Waals surface area contributed by atoms with Crippen molar-refractivity contribution < 1.29 is 4.79 Å². The first kappa shape index (κ1) is 18.3. The van der Waals surface area contributed by atoms with E-state index in [9.17, 15) is 14.4 Å². The van der Waals surface area contributed by atoms with Gasteiger partial charge in [-0.2, -0.15) is 0 Å². The lowest BCUT2D eigenvalue weighted by atomic mass is 10.3. The van der Waals surface area contributed by atoms with Crippen LogP contribution >= 0.6 is 0 Å². The minimum Gasteiger partial charge on any atom is -0.353 e. The Bertz CT molecular complexity index is 1080. The van der Waals surface area contributed by atoms with E-state index < -0.39 is 11.1 Å². The molecule has 9 nitrogen and oxygen atoms in total. The maximum absolute atomic E-state index is 12.1. The Morgan fingerprint density at radius 2 is 1.85 bits per heavy atom. The maximum atomic E-state index is 12.1. The van der Waals surface area contributed by atoms with Crippen LogP contribution in [0.4, 0.5) is 5.95 Å². The van der Waals surface area contributed by atoms with Crippen molar-refractivity contribution in [1.29, 1.82) is 0 Å². The Kier molecular flexibility index (Phi) is 5.30. The van der Waals surface area contributed by atoms with Gasteiger partial charge >= 0.3 is 11.1 Å². The zero-order chi connectivity index (χ0) is 19.4. The molecule has 1 amide bonds. The van der Waals surface area contributed by atoms with Crippen molar-refractivity contribution in [2.75, 3.05) is 18.4 Å². The van der Waals surface area contributed by atoms with Crippen LogP contribution in [-0.2, 0) is 11.3 Å². The van der Waals surface area contributed by atoms with Crippen LogP contribution in [0, 0.1) is 13.8 Å². The second-order valence-corrected chi connectivity index (χ2v) is 6.11. The number of hydrogen-bond donors (Lipinski definition) is 3. The predicted octanol–water partition coefficient (Wildman–Crippen LogP) is 0.325. The molecule has 27 heavy (non-hydrogen) atoms. The molecule has 3 aromatic rings. The monoisotopic (exact) mass is 368 g/mol. The normalized spacial score (nSPS) is 10.7. The fourth-order valence-corrected chi connectivity index (χ4v) is 2.78. The Hall–Kier alpha value is -3.49. The molecule has 0 radical (unpaired) electrons. The molecule has 0 aliphatic heterocycles. The van der Waals surface area contributed by atoms with Gasteiger partial charge in [-0.3, -0.25) is 14.4 Å². The van der Waals surface area contributed by atoms with Crippen LogP contribution in [0.15, 0.2) is 39.9 Å². The molecule has 3 N–H and O–H groups in total. The first-order valence-electron chi connectivity index (χ1n) is 8.49. The number of carbonyl (C=O) groups excluding carboxylic acids is 1. The van der Waals surface area contributed by atoms with Crippen molar-refractivity contribution in [3.8, 4) is 0 Å². The number of aromatic nitrogens is 4. The Labute approximate surface area is 154 Å². The molecule has 0 spiro atoms. The smallest absolute Gasteiger partial charge is 0.316 e. The van der Waals surface area contributed by atoms with E-state index in [1.54, 1.807) is 24.3 Å². The highest BCUT2D eigenvalue weighted by Gasteiger charge is 2.08. The van der Waals surface area contributed by atoms with Crippen LogP contribution in [0.1, 0.15) is 11.4 Å². The number of nitrogens with one attached hydrogen (secondary N) is 3. The maximum Gasteiger partial charge on any atom is 0.316 e. The third-order valence-corrected chi connectivity index (χ3v) is 3.93. The summed E-state index contributed by atoms with van der Waals surface area (Å²) in [6.45, 7) is 4.11. The van der Waals surface area contributed by atoms with E-state index in [-0.39, 0.29) is 25.5 Å². The number of fused-ring (bicyclic) bond motifs is 1. The number of aromatic amines is 1. The molecule has 0 bridgehead atoms. The standard InChI is InChI=1S/C18H20N6O3/c1-11-9-12(2)22-18(21-11)20-10-15(25)19-7-8-24-14-6-4-3-5-13(14)23-16(26)17(24)27/h3-6,9H,7-8,10H2,1-2H3,(H,19,25)(H,23,26)(H,20,21,22). The average Bonchev–Trinajstić information content (AvgIpc) is 2.62. The van der Waals surface area contributed by atoms with Gasteiger partial charge in [0.05, 0.1) is 17.6 Å². The van der Waals surface area contributed by atoms with E-state index in [0.717, 1.165) is 11.4 Å². The van der Waals surface area contributed by atoms with Gasteiger partial charge in [-0.1, -0.05) is 12.1 Å². The van der Waals surface area contributed by atoms with Crippen LogP contribution in [0.3, 0.4) is 0 Å². The number of nitrogens with zero attached hydrogens (tertiary/aromatic N) is 3. The van der Waals surface area contributed by atoms with E-state index in [2.05, 4.69) is 25.6 Å². The number of anilines is 1. The molecule has 1 aromatic carbocycles. The number of H-pyrrole nitrogens is 1. The molecule has 2 aromatic heterocycles. The van der Waals surface area contributed by atoms with Gasteiger partial charge in [0.25, 0.3) is 0 Å². The first-order chi connectivity index (χ1) is 12.9. The molecule has 0 saturated carbocycles. The number of aryl methyl sites for hydroxylation is 2. The minimum atomic E-state index is -0.686. The van der Waals surface area contributed by atoms with E-state index in [0.29, 0.717) is 17.0 Å². The Balaban J connectivity index is 1.61. The summed E-state index contributed by atoms with van der Waals surface area (Å²) < 4.78 is 1.36. The first-order valence-corrected chi connectivity index (χ1v) is 8.49. The number of carbonyl (C=O) groups is 1. The molecule has 0 atom stereocenters. The zero-order valence-electron chi connectivity index (χ0n) is 15.1. The van der Waals surface area contributed by atoms with E-state index >= 15 is 0 Å². The molecule has 0 fully saturated rings. The van der Waals surface area contributed by atoms with Gasteiger partial charge in [0.15, 0.2) is 0 Å². The second-order valence-electron chi connectivity index (χ2n) is 6.11. The van der Waals surface area contributed by atoms with Gasteiger partial charge in [0.2, 0.25) is 11.9 Å². The van der Waals surface area contributed by atoms with E-state index in [1.165, 1.54) is 4.57 Å². The minimum absolute atomic E-state index is 0.00785. The molecular weight excluding hydrogens is 348 g/mol.